The molecule has 3 N–H and O–H groups in total. The second-order valence-corrected chi connectivity index (χ2v) is 10.3. The third kappa shape index (κ3) is 11.8. The number of unbranched alkanes of at least 4 members (excludes halogenated alkanes) is 6. The molecule has 0 aliphatic carbocycles. The average Bonchev–Trinajstić information content (AvgIpc) is 2.74. The number of amides is 2. The normalized spacial score (nSPS) is 20.1. The van der Waals surface area contributed by atoms with Crippen LogP contribution in [-0.2, 0) is 23.9 Å². The highest BCUT2D eigenvalue weighted by molar-refractivity contribution is 5.82. The molecule has 1 rings (SSSR count). The molecule has 2 amide bonds. The first-order valence-electron chi connectivity index (χ1n) is 12.6. The number of hydrogen-bond acceptors (Lipinski definition) is 5. The van der Waals surface area contributed by atoms with Gasteiger partial charge in [0.15, 0.2) is 5.79 Å². The summed E-state index contributed by atoms with van der Waals surface area (Å²) in [6.07, 6.45) is 8.87. The third-order valence-electron chi connectivity index (χ3n) is 6.07. The number of carboxylic acids is 1. The predicted molar refractivity (Wildman–Crippen MR) is 128 cm³/mol. The van der Waals surface area contributed by atoms with E-state index in [2.05, 4.69) is 17.6 Å². The molecule has 0 saturated carbocycles. The zero-order valence-electron chi connectivity index (χ0n) is 21.3. The summed E-state index contributed by atoms with van der Waals surface area (Å²) < 4.78 is 11.4. The van der Waals surface area contributed by atoms with E-state index in [4.69, 9.17) is 9.47 Å². The fourth-order valence-electron chi connectivity index (χ4n) is 3.86. The summed E-state index contributed by atoms with van der Waals surface area (Å²) in [5, 5.41) is 15.1. The van der Waals surface area contributed by atoms with Crippen LogP contribution in [0.2, 0.25) is 0 Å². The number of nitrogens with one attached hydrogen (secondary N) is 2. The summed E-state index contributed by atoms with van der Waals surface area (Å²) in [6.45, 7) is 10.3. The van der Waals surface area contributed by atoms with Gasteiger partial charge < -0.3 is 25.2 Å². The highest BCUT2D eigenvalue weighted by Crippen LogP contribution is 2.34. The lowest BCUT2D eigenvalue weighted by molar-refractivity contribution is -0.304. The number of carboxylic acid groups (broad SMARTS) is 1. The van der Waals surface area contributed by atoms with Crippen molar-refractivity contribution in [2.45, 2.75) is 111 Å². The number of hydrogen-bond donors (Lipinski definition) is 3. The smallest absolute Gasteiger partial charge is 0.308 e. The molecule has 1 saturated heterocycles. The van der Waals surface area contributed by atoms with Gasteiger partial charge in [0.2, 0.25) is 11.8 Å². The van der Waals surface area contributed by atoms with Crippen molar-refractivity contribution in [1.82, 2.24) is 10.6 Å². The molecule has 2 unspecified atom stereocenters. The van der Waals surface area contributed by atoms with Gasteiger partial charge in [0.1, 0.15) is 6.10 Å². The molecule has 192 valence electrons. The molecule has 0 bridgehead atoms. The molecular formula is C25H46N2O6. The highest BCUT2D eigenvalue weighted by atomic mass is 16.7. The number of carbonyl (C=O) groups is 3. The molecule has 0 aromatic rings. The van der Waals surface area contributed by atoms with Crippen LogP contribution in [0.1, 0.15) is 98.8 Å². The van der Waals surface area contributed by atoms with E-state index < -0.39 is 29.2 Å². The first-order valence-corrected chi connectivity index (χ1v) is 12.6. The molecule has 1 aliphatic rings. The largest absolute Gasteiger partial charge is 0.481 e. The Morgan fingerprint density at radius 3 is 2.24 bits per heavy atom. The molecule has 0 radical (unpaired) electrons. The summed E-state index contributed by atoms with van der Waals surface area (Å²) in [4.78, 5) is 36.3. The van der Waals surface area contributed by atoms with Crippen LogP contribution in [0.3, 0.4) is 0 Å². The Hall–Kier alpha value is -1.67. The standard InChI is InChI=1S/C25H46N2O6/c1-6-7-8-9-10-11-12-15-20(28)26-16-13-14-19(23(30)31)17-27-22(29)21-24(2,3)18-32-25(4,5)33-21/h19,21H,6-18H2,1-5H3,(H,26,28)(H,27,29)(H,30,31). The average molecular weight is 471 g/mol. The Morgan fingerprint density at radius 2 is 1.61 bits per heavy atom. The zero-order chi connectivity index (χ0) is 24.9. The molecule has 0 spiro atoms. The van der Waals surface area contributed by atoms with Crippen molar-refractivity contribution in [2.75, 3.05) is 19.7 Å². The quantitative estimate of drug-likeness (QED) is 0.294. The van der Waals surface area contributed by atoms with Crippen molar-refractivity contribution < 1.29 is 29.0 Å². The summed E-state index contributed by atoms with van der Waals surface area (Å²) in [7, 11) is 0. The number of aliphatic carboxylic acids is 1. The van der Waals surface area contributed by atoms with Crippen molar-refractivity contribution in [3.8, 4) is 0 Å². The fraction of sp³-hybridized carbons (Fsp3) is 0.880. The van der Waals surface area contributed by atoms with Gasteiger partial charge in [-0.15, -0.1) is 0 Å². The second-order valence-electron chi connectivity index (χ2n) is 10.3. The van der Waals surface area contributed by atoms with Crippen LogP contribution in [-0.4, -0.2) is 54.5 Å². The minimum atomic E-state index is -0.961. The van der Waals surface area contributed by atoms with E-state index >= 15 is 0 Å². The van der Waals surface area contributed by atoms with Crippen LogP contribution in [0.5, 0.6) is 0 Å². The highest BCUT2D eigenvalue weighted by Gasteiger charge is 2.45. The first-order chi connectivity index (χ1) is 15.5. The van der Waals surface area contributed by atoms with Crippen LogP contribution >= 0.6 is 0 Å². The molecule has 1 aliphatic heterocycles. The minimum Gasteiger partial charge on any atom is -0.481 e. The van der Waals surface area contributed by atoms with Gasteiger partial charge >= 0.3 is 5.97 Å². The maximum Gasteiger partial charge on any atom is 0.308 e. The lowest BCUT2D eigenvalue weighted by Gasteiger charge is -2.44. The zero-order valence-corrected chi connectivity index (χ0v) is 21.3. The fourth-order valence-corrected chi connectivity index (χ4v) is 3.86. The van der Waals surface area contributed by atoms with E-state index in [1.165, 1.54) is 32.1 Å². The second kappa shape index (κ2) is 14.6. The Morgan fingerprint density at radius 1 is 0.970 bits per heavy atom. The Labute approximate surface area is 199 Å². The van der Waals surface area contributed by atoms with Gasteiger partial charge in [0.25, 0.3) is 0 Å². The summed E-state index contributed by atoms with van der Waals surface area (Å²) in [6, 6.07) is 0. The van der Waals surface area contributed by atoms with Crippen molar-refractivity contribution in [3.05, 3.63) is 0 Å². The summed E-state index contributed by atoms with van der Waals surface area (Å²) in [5.74, 6) is -2.85. The lowest BCUT2D eigenvalue weighted by atomic mass is 9.85. The molecule has 1 heterocycles. The molecule has 8 nitrogen and oxygen atoms in total. The SMILES string of the molecule is CCCCCCCCCC(=O)NCCCC(CNC(=O)C1OC(C)(C)OCC1(C)C)C(=O)O. The molecule has 2 atom stereocenters. The molecule has 0 aromatic heterocycles. The van der Waals surface area contributed by atoms with Crippen LogP contribution in [0.25, 0.3) is 0 Å². The number of carbonyl (C=O) groups excluding carboxylic acids is 2. The number of rotatable bonds is 16. The first kappa shape index (κ1) is 29.4. The van der Waals surface area contributed by atoms with E-state index in [0.717, 1.165) is 12.8 Å². The minimum absolute atomic E-state index is 0.0187. The van der Waals surface area contributed by atoms with E-state index in [1.54, 1.807) is 13.8 Å². The Balaban J connectivity index is 2.28. The molecule has 0 aromatic carbocycles. The maximum atomic E-state index is 12.7. The topological polar surface area (TPSA) is 114 Å². The van der Waals surface area contributed by atoms with Crippen molar-refractivity contribution in [2.24, 2.45) is 11.3 Å². The van der Waals surface area contributed by atoms with Crippen LogP contribution < -0.4 is 10.6 Å². The molecule has 8 heteroatoms. The predicted octanol–water partition coefficient (Wildman–Crippen LogP) is 4.02. The van der Waals surface area contributed by atoms with Gasteiger partial charge in [0, 0.05) is 24.9 Å². The van der Waals surface area contributed by atoms with E-state index in [0.29, 0.717) is 32.4 Å². The van der Waals surface area contributed by atoms with E-state index in [-0.39, 0.29) is 18.4 Å². The monoisotopic (exact) mass is 470 g/mol. The Bertz CT molecular complexity index is 620. The molecule has 1 fully saturated rings. The lowest BCUT2D eigenvalue weighted by Crippen LogP contribution is -2.57. The van der Waals surface area contributed by atoms with Gasteiger partial charge in [0.05, 0.1) is 12.5 Å². The van der Waals surface area contributed by atoms with Crippen molar-refractivity contribution >= 4 is 17.8 Å². The molecular weight excluding hydrogens is 424 g/mol. The van der Waals surface area contributed by atoms with Crippen LogP contribution in [0.4, 0.5) is 0 Å². The van der Waals surface area contributed by atoms with Crippen LogP contribution in [0, 0.1) is 11.3 Å². The van der Waals surface area contributed by atoms with Gasteiger partial charge in [-0.2, -0.15) is 0 Å². The van der Waals surface area contributed by atoms with Crippen molar-refractivity contribution in [3.63, 3.8) is 0 Å². The summed E-state index contributed by atoms with van der Waals surface area (Å²) in [5.41, 5.74) is -0.516. The maximum absolute atomic E-state index is 12.7. The summed E-state index contributed by atoms with van der Waals surface area (Å²) >= 11 is 0. The van der Waals surface area contributed by atoms with Crippen molar-refractivity contribution in [1.29, 1.82) is 0 Å². The van der Waals surface area contributed by atoms with Gasteiger partial charge in [-0.3, -0.25) is 14.4 Å². The number of ether oxygens (including phenoxy) is 2. The van der Waals surface area contributed by atoms with Gasteiger partial charge in [-0.05, 0) is 33.1 Å². The third-order valence-corrected chi connectivity index (χ3v) is 6.07. The molecule has 33 heavy (non-hydrogen) atoms. The van der Waals surface area contributed by atoms with E-state index in [9.17, 15) is 19.5 Å². The van der Waals surface area contributed by atoms with E-state index in [1.807, 2.05) is 13.8 Å². The Kier molecular flexibility index (Phi) is 13.0. The van der Waals surface area contributed by atoms with Crippen LogP contribution in [0.15, 0.2) is 0 Å². The van der Waals surface area contributed by atoms with Gasteiger partial charge in [-0.1, -0.05) is 59.3 Å². The van der Waals surface area contributed by atoms with Gasteiger partial charge in [-0.25, -0.2) is 0 Å².